The molecular weight excluding hydrogens is 298 g/mol. The number of benzene rings is 1. The molecule has 1 atom stereocenters. The minimum absolute atomic E-state index is 0.199. The highest BCUT2D eigenvalue weighted by molar-refractivity contribution is 7.89. The second-order valence-electron chi connectivity index (χ2n) is 4.49. The molecule has 8 heteroatoms. The summed E-state index contributed by atoms with van der Waals surface area (Å²) < 4.78 is 37.8. The number of aromatic nitrogens is 1. The first kappa shape index (κ1) is 15.0. The Labute approximate surface area is 120 Å². The van der Waals surface area contributed by atoms with Gasteiger partial charge in [-0.05, 0) is 24.6 Å². The normalized spacial score (nSPS) is 13.7. The van der Waals surface area contributed by atoms with Gasteiger partial charge in [0.1, 0.15) is 4.90 Å². The zero-order valence-electron chi connectivity index (χ0n) is 11.0. The third-order valence-corrected chi connectivity index (χ3v) is 5.22. The molecular formula is C12H17N3O3S2. The fraction of sp³-hybridized carbons (Fsp3) is 0.333. The minimum atomic E-state index is -3.58. The molecule has 1 heterocycles. The van der Waals surface area contributed by atoms with Gasteiger partial charge in [-0.2, -0.15) is 0 Å². The second-order valence-corrected chi connectivity index (χ2v) is 7.78. The van der Waals surface area contributed by atoms with Crippen molar-refractivity contribution in [2.24, 2.45) is 0 Å². The first-order chi connectivity index (χ1) is 9.40. The predicted octanol–water partition coefficient (Wildman–Crippen LogP) is 0.797. The molecule has 0 bridgehead atoms. The van der Waals surface area contributed by atoms with Gasteiger partial charge in [-0.3, -0.25) is 4.21 Å². The van der Waals surface area contributed by atoms with Gasteiger partial charge >= 0.3 is 0 Å². The van der Waals surface area contributed by atoms with Crippen molar-refractivity contribution in [2.45, 2.75) is 11.3 Å². The van der Waals surface area contributed by atoms with Gasteiger partial charge in [-0.25, -0.2) is 13.1 Å². The van der Waals surface area contributed by atoms with Gasteiger partial charge in [-0.15, -0.1) is 0 Å². The van der Waals surface area contributed by atoms with E-state index < -0.39 is 20.8 Å². The highest BCUT2D eigenvalue weighted by Gasteiger charge is 2.18. The molecule has 4 N–H and O–H groups in total. The number of hydrogen-bond donors (Lipinski definition) is 3. The van der Waals surface area contributed by atoms with E-state index in [4.69, 9.17) is 5.73 Å². The molecule has 6 nitrogen and oxygen atoms in total. The van der Waals surface area contributed by atoms with Crippen molar-refractivity contribution in [1.82, 2.24) is 9.71 Å². The maximum absolute atomic E-state index is 12.2. The molecule has 2 aromatic rings. The van der Waals surface area contributed by atoms with Gasteiger partial charge in [0.25, 0.3) is 0 Å². The van der Waals surface area contributed by atoms with Crippen molar-refractivity contribution in [2.75, 3.05) is 24.3 Å². The highest BCUT2D eigenvalue weighted by Crippen LogP contribution is 2.24. The SMILES string of the molecule is CS(=O)CCCNS(=O)(=O)c1c[nH]c2cc(N)ccc12. The van der Waals surface area contributed by atoms with E-state index in [1.807, 2.05) is 0 Å². The van der Waals surface area contributed by atoms with Crippen molar-refractivity contribution < 1.29 is 12.6 Å². The number of nitrogen functional groups attached to an aromatic ring is 1. The first-order valence-corrected chi connectivity index (χ1v) is 9.27. The van der Waals surface area contributed by atoms with Crippen molar-refractivity contribution in [3.05, 3.63) is 24.4 Å². The van der Waals surface area contributed by atoms with E-state index in [1.54, 1.807) is 24.5 Å². The smallest absolute Gasteiger partial charge is 0.242 e. The van der Waals surface area contributed by atoms with Crippen LogP contribution in [0, 0.1) is 0 Å². The molecule has 0 amide bonds. The number of H-pyrrole nitrogens is 1. The average Bonchev–Trinajstić information content (AvgIpc) is 2.78. The zero-order chi connectivity index (χ0) is 14.8. The van der Waals surface area contributed by atoms with Gasteiger partial charge in [0.2, 0.25) is 10.0 Å². The van der Waals surface area contributed by atoms with Crippen LogP contribution in [0.25, 0.3) is 10.9 Å². The second kappa shape index (κ2) is 5.94. The molecule has 1 aromatic heterocycles. The Bertz CT molecular complexity index is 737. The fourth-order valence-electron chi connectivity index (χ4n) is 1.90. The molecule has 0 fully saturated rings. The van der Waals surface area contributed by atoms with E-state index in [9.17, 15) is 12.6 Å². The van der Waals surface area contributed by atoms with Crippen molar-refractivity contribution in [1.29, 1.82) is 0 Å². The van der Waals surface area contributed by atoms with Crippen LogP contribution < -0.4 is 10.5 Å². The number of nitrogens with one attached hydrogen (secondary N) is 2. The van der Waals surface area contributed by atoms with Crippen LogP contribution >= 0.6 is 0 Å². The van der Waals surface area contributed by atoms with E-state index in [-0.39, 0.29) is 11.4 Å². The maximum Gasteiger partial charge on any atom is 0.242 e. The molecule has 0 aliphatic carbocycles. The van der Waals surface area contributed by atoms with Crippen LogP contribution in [-0.2, 0) is 20.8 Å². The Morgan fingerprint density at radius 3 is 2.85 bits per heavy atom. The van der Waals surface area contributed by atoms with Crippen LogP contribution in [0.15, 0.2) is 29.3 Å². The Balaban J connectivity index is 2.17. The molecule has 0 saturated heterocycles. The lowest BCUT2D eigenvalue weighted by Gasteiger charge is -2.05. The summed E-state index contributed by atoms with van der Waals surface area (Å²) in [7, 11) is -4.49. The van der Waals surface area contributed by atoms with Crippen LogP contribution in [0.3, 0.4) is 0 Å². The van der Waals surface area contributed by atoms with Gasteiger partial charge in [0.15, 0.2) is 0 Å². The molecule has 20 heavy (non-hydrogen) atoms. The number of nitrogens with two attached hydrogens (primary N) is 1. The van der Waals surface area contributed by atoms with Gasteiger partial charge in [0.05, 0.1) is 0 Å². The van der Waals surface area contributed by atoms with Crippen LogP contribution in [0.1, 0.15) is 6.42 Å². The molecule has 1 unspecified atom stereocenters. The Morgan fingerprint density at radius 2 is 2.15 bits per heavy atom. The predicted molar refractivity (Wildman–Crippen MR) is 81.5 cm³/mol. The molecule has 0 spiro atoms. The van der Waals surface area contributed by atoms with E-state index >= 15 is 0 Å². The summed E-state index contributed by atoms with van der Waals surface area (Å²) in [5.41, 5.74) is 6.91. The lowest BCUT2D eigenvalue weighted by Crippen LogP contribution is -2.25. The lowest BCUT2D eigenvalue weighted by molar-refractivity contribution is 0.581. The van der Waals surface area contributed by atoms with Crippen molar-refractivity contribution in [3.63, 3.8) is 0 Å². The highest BCUT2D eigenvalue weighted by atomic mass is 32.2. The van der Waals surface area contributed by atoms with Gasteiger partial charge in [0, 0.05) is 52.1 Å². The van der Waals surface area contributed by atoms with Gasteiger partial charge < -0.3 is 10.7 Å². The van der Waals surface area contributed by atoms with Crippen LogP contribution in [0.5, 0.6) is 0 Å². The number of hydrogen-bond acceptors (Lipinski definition) is 4. The van der Waals surface area contributed by atoms with Crippen molar-refractivity contribution in [3.8, 4) is 0 Å². The summed E-state index contributed by atoms with van der Waals surface area (Å²) in [6, 6.07) is 5.03. The monoisotopic (exact) mass is 315 g/mol. The lowest BCUT2D eigenvalue weighted by atomic mass is 10.2. The zero-order valence-corrected chi connectivity index (χ0v) is 12.7. The quantitative estimate of drug-likeness (QED) is 0.541. The third-order valence-electron chi connectivity index (χ3n) is 2.86. The summed E-state index contributed by atoms with van der Waals surface area (Å²) in [5, 5.41) is 0.603. The Hall–Kier alpha value is -1.38. The molecule has 0 aliphatic rings. The number of rotatable bonds is 6. The number of sulfonamides is 1. The first-order valence-electron chi connectivity index (χ1n) is 6.06. The maximum atomic E-state index is 12.2. The van der Waals surface area contributed by atoms with Crippen molar-refractivity contribution >= 4 is 37.4 Å². The summed E-state index contributed by atoms with van der Waals surface area (Å²) in [6.07, 6.45) is 3.58. The summed E-state index contributed by atoms with van der Waals surface area (Å²) in [6.45, 7) is 0.267. The standard InChI is InChI=1S/C12H17N3O3S2/c1-19(16)6-2-5-15-20(17,18)12-8-14-11-7-9(13)3-4-10(11)12/h3-4,7-8,14-15H,2,5-6,13H2,1H3. The number of fused-ring (bicyclic) bond motifs is 1. The number of anilines is 1. The number of aromatic amines is 1. The minimum Gasteiger partial charge on any atom is -0.399 e. The fourth-order valence-corrected chi connectivity index (χ4v) is 3.70. The van der Waals surface area contributed by atoms with Crippen LogP contribution in [0.4, 0.5) is 5.69 Å². The summed E-state index contributed by atoms with van der Waals surface area (Å²) in [4.78, 5) is 3.10. The van der Waals surface area contributed by atoms with Crippen LogP contribution in [0.2, 0.25) is 0 Å². The third kappa shape index (κ3) is 3.38. The Kier molecular flexibility index (Phi) is 4.46. The molecule has 110 valence electrons. The van der Waals surface area contributed by atoms with Gasteiger partial charge in [-0.1, -0.05) is 0 Å². The van der Waals surface area contributed by atoms with E-state index in [0.717, 1.165) is 0 Å². The molecule has 2 rings (SSSR count). The average molecular weight is 315 g/mol. The Morgan fingerprint density at radius 1 is 1.40 bits per heavy atom. The van der Waals surface area contributed by atoms with E-state index in [2.05, 4.69) is 9.71 Å². The molecule has 0 aliphatic heterocycles. The van der Waals surface area contributed by atoms with E-state index in [0.29, 0.717) is 28.8 Å². The summed E-state index contributed by atoms with van der Waals surface area (Å²) >= 11 is 0. The van der Waals surface area contributed by atoms with E-state index in [1.165, 1.54) is 6.20 Å². The van der Waals surface area contributed by atoms with Crippen LogP contribution in [-0.4, -0.2) is 36.2 Å². The topological polar surface area (TPSA) is 105 Å². The molecule has 0 saturated carbocycles. The summed E-state index contributed by atoms with van der Waals surface area (Å²) in [5.74, 6) is 0.479. The molecule has 0 radical (unpaired) electrons. The molecule has 1 aromatic carbocycles. The largest absolute Gasteiger partial charge is 0.399 e.